The predicted octanol–water partition coefficient (Wildman–Crippen LogP) is 12.4. The monoisotopic (exact) mass is 651 g/mol. The smallest absolute Gasteiger partial charge is 0.167 e. The maximum atomic E-state index is 6.53. The molecule has 0 N–H and O–H groups in total. The molecule has 2 aromatic heterocycles. The Morgan fingerprint density at radius 3 is 1.69 bits per heavy atom. The number of furan rings is 1. The minimum atomic E-state index is 0.557. The molecule has 0 aliphatic rings. The van der Waals surface area contributed by atoms with E-state index in [4.69, 9.17) is 19.4 Å². The summed E-state index contributed by atoms with van der Waals surface area (Å²) < 4.78 is 6.53. The summed E-state index contributed by atoms with van der Waals surface area (Å²) in [5.74, 6) is 1.76. The zero-order valence-corrected chi connectivity index (χ0v) is 27.5. The second kappa shape index (κ2) is 11.9. The Balaban J connectivity index is 1.31. The van der Waals surface area contributed by atoms with Gasteiger partial charge in [0.15, 0.2) is 17.5 Å². The number of aromatic nitrogens is 3. The largest absolute Gasteiger partial charge is 0.455 e. The standard InChI is InChI=1S/C47H29N3O/c1-3-14-30(15-4-1)35-22-12-25-39(42(35)32-17-5-2-6-18-32)46-48-45(38-24-11-19-33-29-28-31-16-7-8-20-34(31)43(33)38)49-47(50-46)40-26-13-23-37-36-21-9-10-27-41(36)51-44(37)40/h1-29H. The molecule has 10 rings (SSSR count). The number of benzene rings is 8. The van der Waals surface area contributed by atoms with E-state index in [-0.39, 0.29) is 0 Å². The molecule has 0 aliphatic heterocycles. The average Bonchev–Trinajstić information content (AvgIpc) is 3.60. The van der Waals surface area contributed by atoms with Gasteiger partial charge in [0.05, 0.1) is 5.56 Å². The van der Waals surface area contributed by atoms with E-state index in [1.54, 1.807) is 0 Å². The number of fused-ring (bicyclic) bond motifs is 6. The Bertz CT molecular complexity index is 2910. The molecule has 0 fully saturated rings. The lowest BCUT2D eigenvalue weighted by Gasteiger charge is -2.17. The molecule has 0 radical (unpaired) electrons. The van der Waals surface area contributed by atoms with Crippen LogP contribution >= 0.6 is 0 Å². The molecule has 0 aliphatic carbocycles. The van der Waals surface area contributed by atoms with Crippen LogP contribution < -0.4 is 0 Å². The van der Waals surface area contributed by atoms with E-state index >= 15 is 0 Å². The molecule has 8 aromatic carbocycles. The van der Waals surface area contributed by atoms with Crippen LogP contribution in [0, 0.1) is 0 Å². The third kappa shape index (κ3) is 4.88. The van der Waals surface area contributed by atoms with Crippen molar-refractivity contribution >= 4 is 43.5 Å². The summed E-state index contributed by atoms with van der Waals surface area (Å²) in [4.78, 5) is 15.9. The van der Waals surface area contributed by atoms with Crippen LogP contribution in [-0.4, -0.2) is 15.0 Å². The lowest BCUT2D eigenvalue weighted by Crippen LogP contribution is -2.02. The summed E-state index contributed by atoms with van der Waals surface area (Å²) in [5.41, 5.74) is 8.67. The SMILES string of the molecule is c1ccc(-c2cccc(-c3nc(-c4cccc5c4oc4ccccc45)nc(-c4cccc5ccc6ccccc6c45)n3)c2-c2ccccc2)cc1. The van der Waals surface area contributed by atoms with Gasteiger partial charge in [0.1, 0.15) is 11.2 Å². The van der Waals surface area contributed by atoms with Gasteiger partial charge in [0.25, 0.3) is 0 Å². The van der Waals surface area contributed by atoms with E-state index in [1.165, 1.54) is 5.39 Å². The fraction of sp³-hybridized carbons (Fsp3) is 0. The van der Waals surface area contributed by atoms with Crippen LogP contribution in [0.1, 0.15) is 0 Å². The number of nitrogens with zero attached hydrogens (tertiary/aromatic N) is 3. The highest BCUT2D eigenvalue weighted by Crippen LogP contribution is 2.42. The van der Waals surface area contributed by atoms with Crippen LogP contribution in [0.4, 0.5) is 0 Å². The summed E-state index contributed by atoms with van der Waals surface area (Å²) in [6, 6.07) is 61.0. The van der Waals surface area contributed by atoms with Crippen molar-refractivity contribution in [1.82, 2.24) is 15.0 Å². The minimum Gasteiger partial charge on any atom is -0.455 e. The van der Waals surface area contributed by atoms with Gasteiger partial charge >= 0.3 is 0 Å². The Hall–Kier alpha value is -6.91. The number of rotatable bonds is 5. The molecule has 0 bridgehead atoms. The van der Waals surface area contributed by atoms with Crippen LogP contribution in [0.5, 0.6) is 0 Å². The van der Waals surface area contributed by atoms with Crippen LogP contribution in [0.3, 0.4) is 0 Å². The second-order valence-corrected chi connectivity index (χ2v) is 12.7. The summed E-state index contributed by atoms with van der Waals surface area (Å²) in [6.07, 6.45) is 0. The Morgan fingerprint density at radius 2 is 0.863 bits per heavy atom. The first-order valence-electron chi connectivity index (χ1n) is 17.1. The first-order chi connectivity index (χ1) is 25.3. The molecule has 238 valence electrons. The summed E-state index contributed by atoms with van der Waals surface area (Å²) >= 11 is 0. The molecule has 0 unspecified atom stereocenters. The van der Waals surface area contributed by atoms with Crippen molar-refractivity contribution in [3.05, 3.63) is 176 Å². The molecule has 2 heterocycles. The topological polar surface area (TPSA) is 51.8 Å². The molecule has 10 aromatic rings. The fourth-order valence-electron chi connectivity index (χ4n) is 7.42. The number of para-hydroxylation sites is 2. The van der Waals surface area contributed by atoms with Crippen LogP contribution in [0.15, 0.2) is 180 Å². The molecule has 0 amide bonds. The molecule has 51 heavy (non-hydrogen) atoms. The first kappa shape index (κ1) is 29.0. The molecule has 4 heteroatoms. The zero-order chi connectivity index (χ0) is 33.7. The normalized spacial score (nSPS) is 11.5. The van der Waals surface area contributed by atoms with Gasteiger partial charge in [-0.1, -0.05) is 164 Å². The molecular weight excluding hydrogens is 623 g/mol. The minimum absolute atomic E-state index is 0.557. The lowest BCUT2D eigenvalue weighted by molar-refractivity contribution is 0.669. The van der Waals surface area contributed by atoms with Crippen molar-refractivity contribution in [3.63, 3.8) is 0 Å². The van der Waals surface area contributed by atoms with Gasteiger partial charge in [-0.2, -0.15) is 0 Å². The molecular formula is C47H29N3O. The Morgan fingerprint density at radius 1 is 0.333 bits per heavy atom. The van der Waals surface area contributed by atoms with Gasteiger partial charge in [0, 0.05) is 32.8 Å². The number of hydrogen-bond donors (Lipinski definition) is 0. The second-order valence-electron chi connectivity index (χ2n) is 12.7. The number of hydrogen-bond acceptors (Lipinski definition) is 4. The van der Waals surface area contributed by atoms with Crippen molar-refractivity contribution in [2.75, 3.05) is 0 Å². The highest BCUT2D eigenvalue weighted by molar-refractivity contribution is 6.14. The molecule has 0 saturated carbocycles. The van der Waals surface area contributed by atoms with E-state index in [9.17, 15) is 0 Å². The van der Waals surface area contributed by atoms with Gasteiger partial charge in [-0.05, 0) is 45.0 Å². The Kier molecular flexibility index (Phi) is 6.78. The summed E-state index contributed by atoms with van der Waals surface area (Å²) in [7, 11) is 0. The molecule has 0 spiro atoms. The maximum absolute atomic E-state index is 6.53. The predicted molar refractivity (Wildman–Crippen MR) is 209 cm³/mol. The van der Waals surface area contributed by atoms with Crippen LogP contribution in [-0.2, 0) is 0 Å². The maximum Gasteiger partial charge on any atom is 0.167 e. The highest BCUT2D eigenvalue weighted by Gasteiger charge is 2.22. The van der Waals surface area contributed by atoms with E-state index in [2.05, 4.69) is 140 Å². The van der Waals surface area contributed by atoms with Gasteiger partial charge in [-0.25, -0.2) is 15.0 Å². The molecule has 0 atom stereocenters. The van der Waals surface area contributed by atoms with Crippen molar-refractivity contribution in [2.24, 2.45) is 0 Å². The summed E-state index contributed by atoms with van der Waals surface area (Å²) in [5, 5.41) is 6.66. The van der Waals surface area contributed by atoms with Gasteiger partial charge in [-0.3, -0.25) is 0 Å². The van der Waals surface area contributed by atoms with Crippen molar-refractivity contribution in [1.29, 1.82) is 0 Å². The average molecular weight is 652 g/mol. The molecule has 4 nitrogen and oxygen atoms in total. The third-order valence-corrected chi connectivity index (χ3v) is 9.74. The van der Waals surface area contributed by atoms with Gasteiger partial charge < -0.3 is 4.42 Å². The van der Waals surface area contributed by atoms with E-state index in [0.29, 0.717) is 17.5 Å². The van der Waals surface area contributed by atoms with Crippen molar-refractivity contribution < 1.29 is 4.42 Å². The quantitative estimate of drug-likeness (QED) is 0.174. The molecule has 0 saturated heterocycles. The third-order valence-electron chi connectivity index (χ3n) is 9.74. The van der Waals surface area contributed by atoms with E-state index in [0.717, 1.165) is 77.0 Å². The zero-order valence-electron chi connectivity index (χ0n) is 27.5. The van der Waals surface area contributed by atoms with Crippen molar-refractivity contribution in [2.45, 2.75) is 0 Å². The van der Waals surface area contributed by atoms with Gasteiger partial charge in [-0.15, -0.1) is 0 Å². The lowest BCUT2D eigenvalue weighted by atomic mass is 9.90. The summed E-state index contributed by atoms with van der Waals surface area (Å²) in [6.45, 7) is 0. The first-order valence-corrected chi connectivity index (χ1v) is 17.1. The van der Waals surface area contributed by atoms with Crippen LogP contribution in [0.25, 0.3) is 99.9 Å². The highest BCUT2D eigenvalue weighted by atomic mass is 16.3. The Labute approximate surface area is 294 Å². The van der Waals surface area contributed by atoms with Crippen molar-refractivity contribution in [3.8, 4) is 56.4 Å². The van der Waals surface area contributed by atoms with E-state index < -0.39 is 0 Å². The van der Waals surface area contributed by atoms with Crippen LogP contribution in [0.2, 0.25) is 0 Å². The van der Waals surface area contributed by atoms with E-state index in [1.807, 2.05) is 36.4 Å². The van der Waals surface area contributed by atoms with Gasteiger partial charge in [0.2, 0.25) is 0 Å². The fourth-order valence-corrected chi connectivity index (χ4v) is 7.42.